The standard InChI is InChI=1S/C13H17ClF3NO/c1-3-18-9(2)11-5-4-10(8-12(11)14)19-7-6-13(15,16)17/h4-5,8-9,18H,3,6-7H2,1-2H3. The summed E-state index contributed by atoms with van der Waals surface area (Å²) in [5.41, 5.74) is 0.895. The average Bonchev–Trinajstić information content (AvgIpc) is 2.27. The summed E-state index contributed by atoms with van der Waals surface area (Å²) in [6.45, 7) is 4.36. The number of ether oxygens (including phenoxy) is 1. The number of rotatable bonds is 6. The van der Waals surface area contributed by atoms with Crippen LogP contribution >= 0.6 is 11.6 Å². The molecule has 0 aliphatic carbocycles. The van der Waals surface area contributed by atoms with Crippen LogP contribution in [0.5, 0.6) is 5.75 Å². The van der Waals surface area contributed by atoms with E-state index in [0.717, 1.165) is 12.1 Å². The van der Waals surface area contributed by atoms with Gasteiger partial charge in [-0.3, -0.25) is 0 Å². The smallest absolute Gasteiger partial charge is 0.392 e. The Bertz CT molecular complexity index is 409. The van der Waals surface area contributed by atoms with Crippen LogP contribution in [0.2, 0.25) is 5.02 Å². The first-order chi connectivity index (χ1) is 8.83. The van der Waals surface area contributed by atoms with Gasteiger partial charge in [0.05, 0.1) is 13.0 Å². The Kier molecular flexibility index (Phi) is 5.94. The topological polar surface area (TPSA) is 21.3 Å². The second-order valence-corrected chi connectivity index (χ2v) is 4.58. The Morgan fingerprint density at radius 3 is 2.58 bits per heavy atom. The van der Waals surface area contributed by atoms with Crippen molar-refractivity contribution in [2.24, 2.45) is 0 Å². The van der Waals surface area contributed by atoms with Gasteiger partial charge in [-0.05, 0) is 31.2 Å². The van der Waals surface area contributed by atoms with E-state index in [1.807, 2.05) is 13.8 Å². The van der Waals surface area contributed by atoms with Crippen molar-refractivity contribution in [2.45, 2.75) is 32.5 Å². The minimum absolute atomic E-state index is 0.0849. The normalized spacial score (nSPS) is 13.4. The molecule has 0 radical (unpaired) electrons. The van der Waals surface area contributed by atoms with E-state index in [1.54, 1.807) is 18.2 Å². The molecule has 0 aliphatic heterocycles. The molecule has 1 unspecified atom stereocenters. The number of alkyl halides is 3. The van der Waals surface area contributed by atoms with Crippen molar-refractivity contribution in [3.63, 3.8) is 0 Å². The number of hydrogen-bond donors (Lipinski definition) is 1. The summed E-state index contributed by atoms with van der Waals surface area (Å²) < 4.78 is 41.0. The molecule has 0 aromatic heterocycles. The number of halogens is 4. The van der Waals surface area contributed by atoms with Crippen molar-refractivity contribution in [3.05, 3.63) is 28.8 Å². The minimum Gasteiger partial charge on any atom is -0.493 e. The van der Waals surface area contributed by atoms with Crippen LogP contribution in [0.15, 0.2) is 18.2 Å². The Hall–Kier alpha value is -0.940. The molecule has 0 saturated carbocycles. The Morgan fingerprint density at radius 1 is 1.37 bits per heavy atom. The predicted molar refractivity (Wildman–Crippen MR) is 69.7 cm³/mol. The summed E-state index contributed by atoms with van der Waals surface area (Å²) >= 11 is 6.09. The van der Waals surface area contributed by atoms with Crippen LogP contribution in [0.4, 0.5) is 13.2 Å². The van der Waals surface area contributed by atoms with E-state index >= 15 is 0 Å². The number of benzene rings is 1. The lowest BCUT2D eigenvalue weighted by molar-refractivity contribution is -0.139. The summed E-state index contributed by atoms with van der Waals surface area (Å²) in [7, 11) is 0. The van der Waals surface area contributed by atoms with Gasteiger partial charge in [-0.2, -0.15) is 13.2 Å². The first-order valence-corrected chi connectivity index (χ1v) is 6.43. The quantitative estimate of drug-likeness (QED) is 0.843. The molecule has 1 aromatic rings. The lowest BCUT2D eigenvalue weighted by atomic mass is 10.1. The molecule has 6 heteroatoms. The van der Waals surface area contributed by atoms with Crippen LogP contribution in [0.1, 0.15) is 31.9 Å². The number of hydrogen-bond acceptors (Lipinski definition) is 2. The van der Waals surface area contributed by atoms with Gasteiger partial charge in [0, 0.05) is 11.1 Å². The third kappa shape index (κ3) is 5.70. The van der Waals surface area contributed by atoms with E-state index in [1.165, 1.54) is 0 Å². The number of nitrogens with one attached hydrogen (secondary N) is 1. The molecular formula is C13H17ClF3NO. The molecule has 2 nitrogen and oxygen atoms in total. The SMILES string of the molecule is CCNC(C)c1ccc(OCCC(F)(F)F)cc1Cl. The van der Waals surface area contributed by atoms with Crippen molar-refractivity contribution in [3.8, 4) is 5.75 Å². The van der Waals surface area contributed by atoms with E-state index < -0.39 is 19.2 Å². The highest BCUT2D eigenvalue weighted by Crippen LogP contribution is 2.28. The maximum absolute atomic E-state index is 12.0. The third-order valence-corrected chi connectivity index (χ3v) is 2.93. The molecule has 1 rings (SSSR count). The molecule has 19 heavy (non-hydrogen) atoms. The van der Waals surface area contributed by atoms with Gasteiger partial charge in [-0.15, -0.1) is 0 Å². The first-order valence-electron chi connectivity index (χ1n) is 6.06. The van der Waals surface area contributed by atoms with Crippen molar-refractivity contribution >= 4 is 11.6 Å². The highest BCUT2D eigenvalue weighted by molar-refractivity contribution is 6.31. The van der Waals surface area contributed by atoms with Crippen LogP contribution in [-0.2, 0) is 0 Å². The molecule has 0 heterocycles. The average molecular weight is 296 g/mol. The van der Waals surface area contributed by atoms with Crippen LogP contribution in [0, 0.1) is 0 Å². The lowest BCUT2D eigenvalue weighted by Gasteiger charge is -2.15. The highest BCUT2D eigenvalue weighted by Gasteiger charge is 2.26. The molecular weight excluding hydrogens is 279 g/mol. The lowest BCUT2D eigenvalue weighted by Crippen LogP contribution is -2.18. The molecule has 0 spiro atoms. The summed E-state index contributed by atoms with van der Waals surface area (Å²) in [6, 6.07) is 5.02. The van der Waals surface area contributed by atoms with Gasteiger partial charge < -0.3 is 10.1 Å². The Labute approximate surface area is 115 Å². The summed E-state index contributed by atoms with van der Waals surface area (Å²) in [5.74, 6) is 0.349. The van der Waals surface area contributed by atoms with Gasteiger partial charge in [0.15, 0.2) is 0 Å². The maximum atomic E-state index is 12.0. The second-order valence-electron chi connectivity index (χ2n) is 4.18. The van der Waals surface area contributed by atoms with Crippen molar-refractivity contribution in [2.75, 3.05) is 13.2 Å². The van der Waals surface area contributed by atoms with Gasteiger partial charge in [0.2, 0.25) is 0 Å². The summed E-state index contributed by atoms with van der Waals surface area (Å²) in [6.07, 6.45) is -5.18. The Morgan fingerprint density at radius 2 is 2.05 bits per heavy atom. The van der Waals surface area contributed by atoms with Gasteiger partial charge in [0.1, 0.15) is 5.75 Å². The fourth-order valence-corrected chi connectivity index (χ4v) is 1.98. The monoisotopic (exact) mass is 295 g/mol. The zero-order valence-corrected chi connectivity index (χ0v) is 11.6. The Balaban J connectivity index is 2.61. The van der Waals surface area contributed by atoms with E-state index in [0.29, 0.717) is 10.8 Å². The predicted octanol–water partition coefficient (Wildman–Crippen LogP) is 4.34. The second kappa shape index (κ2) is 7.01. The van der Waals surface area contributed by atoms with Crippen molar-refractivity contribution in [1.29, 1.82) is 0 Å². The fourth-order valence-electron chi connectivity index (χ4n) is 1.65. The maximum Gasteiger partial charge on any atom is 0.392 e. The zero-order valence-electron chi connectivity index (χ0n) is 10.9. The van der Waals surface area contributed by atoms with E-state index in [9.17, 15) is 13.2 Å². The summed E-state index contributed by atoms with van der Waals surface area (Å²) in [4.78, 5) is 0. The third-order valence-electron chi connectivity index (χ3n) is 2.60. The molecule has 0 aliphatic rings. The molecule has 1 N–H and O–H groups in total. The summed E-state index contributed by atoms with van der Waals surface area (Å²) in [5, 5.41) is 3.70. The van der Waals surface area contributed by atoms with Crippen molar-refractivity contribution < 1.29 is 17.9 Å². The van der Waals surface area contributed by atoms with Crippen molar-refractivity contribution in [1.82, 2.24) is 5.32 Å². The molecule has 1 atom stereocenters. The van der Waals surface area contributed by atoms with Crippen LogP contribution in [-0.4, -0.2) is 19.3 Å². The van der Waals surface area contributed by atoms with E-state index in [2.05, 4.69) is 5.32 Å². The molecule has 108 valence electrons. The van der Waals surface area contributed by atoms with Gasteiger partial charge in [-0.25, -0.2) is 0 Å². The van der Waals surface area contributed by atoms with E-state index in [-0.39, 0.29) is 6.04 Å². The molecule has 0 fully saturated rings. The minimum atomic E-state index is -4.21. The molecule has 0 saturated heterocycles. The van der Waals surface area contributed by atoms with Gasteiger partial charge >= 0.3 is 6.18 Å². The van der Waals surface area contributed by atoms with E-state index in [4.69, 9.17) is 16.3 Å². The van der Waals surface area contributed by atoms with Gasteiger partial charge in [-0.1, -0.05) is 24.6 Å². The fraction of sp³-hybridized carbons (Fsp3) is 0.538. The van der Waals surface area contributed by atoms with Crippen LogP contribution < -0.4 is 10.1 Å². The zero-order chi connectivity index (χ0) is 14.5. The molecule has 1 aromatic carbocycles. The van der Waals surface area contributed by atoms with Gasteiger partial charge in [0.25, 0.3) is 0 Å². The molecule has 0 amide bonds. The largest absolute Gasteiger partial charge is 0.493 e. The van der Waals surface area contributed by atoms with Crippen LogP contribution in [0.3, 0.4) is 0 Å². The highest BCUT2D eigenvalue weighted by atomic mass is 35.5. The first kappa shape index (κ1) is 16.1. The molecule has 0 bridgehead atoms. The van der Waals surface area contributed by atoms with Crippen LogP contribution in [0.25, 0.3) is 0 Å².